The van der Waals surface area contributed by atoms with Crippen LogP contribution in [0.5, 0.6) is 0 Å². The number of carbonyl (C=O) groups is 1. The van der Waals surface area contributed by atoms with Gasteiger partial charge in [-0.2, -0.15) is 0 Å². The number of carboxylic acids is 1. The summed E-state index contributed by atoms with van der Waals surface area (Å²) < 4.78 is 0. The smallest absolute Gasteiger partial charge is 0.326 e. The monoisotopic (exact) mass is 371 g/mol. The summed E-state index contributed by atoms with van der Waals surface area (Å²) in [6.07, 6.45) is 0.433. The van der Waals surface area contributed by atoms with E-state index in [0.29, 0.717) is 22.2 Å². The minimum absolute atomic E-state index is 0.105. The van der Waals surface area contributed by atoms with E-state index >= 15 is 0 Å². The Morgan fingerprint density at radius 2 is 1.80 bits per heavy atom. The van der Waals surface area contributed by atoms with Gasteiger partial charge in [0.15, 0.2) is 0 Å². The van der Waals surface area contributed by atoms with Crippen molar-refractivity contribution in [2.75, 3.05) is 5.32 Å². The van der Waals surface area contributed by atoms with Gasteiger partial charge in [-0.05, 0) is 34.9 Å². The van der Waals surface area contributed by atoms with Crippen molar-refractivity contribution in [3.05, 3.63) is 75.8 Å². The van der Waals surface area contributed by atoms with Gasteiger partial charge in [0.25, 0.3) is 0 Å². The third-order valence-electron chi connectivity index (χ3n) is 4.72. The molecule has 3 aromatic carbocycles. The van der Waals surface area contributed by atoms with E-state index in [1.165, 1.54) is 0 Å². The summed E-state index contributed by atoms with van der Waals surface area (Å²) >= 11 is 12.6. The molecule has 0 bridgehead atoms. The fourth-order valence-electron chi connectivity index (χ4n) is 3.55. The standard InChI is InChI=1S/C20H15Cl2NO2/c21-14-8-16(22)19-15(10-18(20(24)25)23-17(19)9-14)13-6-5-11-3-1-2-4-12(11)7-13/h1-9,15,18,23H,10H2,(H,24,25). The summed E-state index contributed by atoms with van der Waals surface area (Å²) in [6.45, 7) is 0. The van der Waals surface area contributed by atoms with Crippen molar-refractivity contribution in [3.8, 4) is 0 Å². The van der Waals surface area contributed by atoms with Crippen LogP contribution >= 0.6 is 23.2 Å². The van der Waals surface area contributed by atoms with Crippen LogP contribution in [0, 0.1) is 0 Å². The zero-order valence-electron chi connectivity index (χ0n) is 13.2. The second-order valence-corrected chi connectivity index (χ2v) is 7.12. The van der Waals surface area contributed by atoms with Crippen molar-refractivity contribution < 1.29 is 9.90 Å². The van der Waals surface area contributed by atoms with Crippen molar-refractivity contribution >= 4 is 45.6 Å². The van der Waals surface area contributed by atoms with Crippen LogP contribution in [0.4, 0.5) is 5.69 Å². The molecule has 126 valence electrons. The SMILES string of the molecule is O=C(O)C1CC(c2ccc3ccccc3c2)c2c(Cl)cc(Cl)cc2N1. The number of anilines is 1. The van der Waals surface area contributed by atoms with Crippen LogP contribution < -0.4 is 5.32 Å². The van der Waals surface area contributed by atoms with Gasteiger partial charge in [0.2, 0.25) is 0 Å². The Bertz CT molecular complexity index is 987. The maximum absolute atomic E-state index is 11.6. The molecule has 1 heterocycles. The third kappa shape index (κ3) is 2.94. The lowest BCUT2D eigenvalue weighted by Crippen LogP contribution is -2.35. The Balaban J connectivity index is 1.88. The first-order chi connectivity index (χ1) is 12.0. The largest absolute Gasteiger partial charge is 0.480 e. The highest BCUT2D eigenvalue weighted by molar-refractivity contribution is 6.35. The van der Waals surface area contributed by atoms with E-state index in [0.717, 1.165) is 21.9 Å². The highest BCUT2D eigenvalue weighted by atomic mass is 35.5. The maximum Gasteiger partial charge on any atom is 0.326 e. The van der Waals surface area contributed by atoms with Gasteiger partial charge in [-0.25, -0.2) is 4.79 Å². The zero-order chi connectivity index (χ0) is 17.6. The quantitative estimate of drug-likeness (QED) is 0.620. The molecule has 0 saturated carbocycles. The Labute approximate surface area is 155 Å². The van der Waals surface area contributed by atoms with Crippen molar-refractivity contribution in [3.63, 3.8) is 0 Å². The molecule has 4 rings (SSSR count). The Kier molecular flexibility index (Phi) is 4.06. The second-order valence-electron chi connectivity index (χ2n) is 6.28. The van der Waals surface area contributed by atoms with Gasteiger partial charge < -0.3 is 10.4 Å². The molecular formula is C20H15Cl2NO2. The average Bonchev–Trinajstić information content (AvgIpc) is 2.59. The maximum atomic E-state index is 11.6. The first-order valence-electron chi connectivity index (χ1n) is 8.00. The van der Waals surface area contributed by atoms with Gasteiger partial charge in [0.1, 0.15) is 6.04 Å². The van der Waals surface area contributed by atoms with Crippen molar-refractivity contribution in [2.24, 2.45) is 0 Å². The second kappa shape index (κ2) is 6.25. The van der Waals surface area contributed by atoms with Gasteiger partial charge in [-0.3, -0.25) is 0 Å². The summed E-state index contributed by atoms with van der Waals surface area (Å²) in [7, 11) is 0. The van der Waals surface area contributed by atoms with Gasteiger partial charge >= 0.3 is 5.97 Å². The minimum Gasteiger partial charge on any atom is -0.480 e. The third-order valence-corrected chi connectivity index (χ3v) is 5.25. The Morgan fingerprint density at radius 3 is 2.56 bits per heavy atom. The molecule has 0 amide bonds. The number of halogens is 2. The fourth-order valence-corrected chi connectivity index (χ4v) is 4.17. The van der Waals surface area contributed by atoms with Gasteiger partial charge in [-0.1, -0.05) is 65.7 Å². The molecular weight excluding hydrogens is 357 g/mol. The molecule has 0 fully saturated rings. The molecule has 2 unspecified atom stereocenters. The first kappa shape index (κ1) is 16.2. The number of fused-ring (bicyclic) bond motifs is 2. The molecule has 0 aliphatic carbocycles. The summed E-state index contributed by atoms with van der Waals surface area (Å²) in [6, 6.07) is 17.1. The van der Waals surface area contributed by atoms with Gasteiger partial charge in [0, 0.05) is 27.2 Å². The molecule has 0 aromatic heterocycles. The highest BCUT2D eigenvalue weighted by Crippen LogP contribution is 2.44. The predicted octanol–water partition coefficient (Wildman–Crippen LogP) is 5.55. The number of benzene rings is 3. The fraction of sp³-hybridized carbons (Fsp3) is 0.150. The molecule has 0 radical (unpaired) electrons. The Hall–Kier alpha value is -2.23. The Morgan fingerprint density at radius 1 is 1.04 bits per heavy atom. The molecule has 0 spiro atoms. The molecule has 1 aliphatic heterocycles. The summed E-state index contributed by atoms with van der Waals surface area (Å²) in [4.78, 5) is 11.6. The first-order valence-corrected chi connectivity index (χ1v) is 8.75. The molecule has 2 atom stereocenters. The topological polar surface area (TPSA) is 49.3 Å². The molecule has 2 N–H and O–H groups in total. The van der Waals surface area contributed by atoms with Crippen LogP contribution in [0.15, 0.2) is 54.6 Å². The number of aliphatic carboxylic acids is 1. The zero-order valence-corrected chi connectivity index (χ0v) is 14.7. The van der Waals surface area contributed by atoms with E-state index in [4.69, 9.17) is 23.2 Å². The number of rotatable bonds is 2. The predicted molar refractivity (Wildman–Crippen MR) is 102 cm³/mol. The van der Waals surface area contributed by atoms with Crippen molar-refractivity contribution in [1.29, 1.82) is 0 Å². The van der Waals surface area contributed by atoms with E-state index in [1.54, 1.807) is 12.1 Å². The van der Waals surface area contributed by atoms with E-state index in [9.17, 15) is 9.90 Å². The molecule has 3 nitrogen and oxygen atoms in total. The van der Waals surface area contributed by atoms with Crippen LogP contribution in [0.3, 0.4) is 0 Å². The molecule has 0 saturated heterocycles. The van der Waals surface area contributed by atoms with Crippen LogP contribution in [0.1, 0.15) is 23.5 Å². The molecule has 5 heteroatoms. The van der Waals surface area contributed by atoms with Crippen LogP contribution in [-0.2, 0) is 4.79 Å². The molecule has 1 aliphatic rings. The van der Waals surface area contributed by atoms with Crippen LogP contribution in [-0.4, -0.2) is 17.1 Å². The van der Waals surface area contributed by atoms with E-state index < -0.39 is 12.0 Å². The number of nitrogens with one attached hydrogen (secondary N) is 1. The minimum atomic E-state index is -0.882. The molecule has 3 aromatic rings. The normalized spacial score (nSPS) is 19.3. The van der Waals surface area contributed by atoms with Gasteiger partial charge in [-0.15, -0.1) is 0 Å². The summed E-state index contributed by atoms with van der Waals surface area (Å²) in [5, 5.41) is 15.9. The van der Waals surface area contributed by atoms with E-state index in [1.807, 2.05) is 18.2 Å². The van der Waals surface area contributed by atoms with Crippen molar-refractivity contribution in [1.82, 2.24) is 0 Å². The van der Waals surface area contributed by atoms with Crippen LogP contribution in [0.2, 0.25) is 10.0 Å². The summed E-state index contributed by atoms with van der Waals surface area (Å²) in [5.74, 6) is -0.987. The number of carboxylic acid groups (broad SMARTS) is 1. The summed E-state index contributed by atoms with van der Waals surface area (Å²) in [5.41, 5.74) is 2.64. The lowest BCUT2D eigenvalue weighted by Gasteiger charge is -2.32. The molecule has 25 heavy (non-hydrogen) atoms. The van der Waals surface area contributed by atoms with Crippen molar-refractivity contribution in [2.45, 2.75) is 18.4 Å². The van der Waals surface area contributed by atoms with E-state index in [2.05, 4.69) is 29.6 Å². The van der Waals surface area contributed by atoms with E-state index in [-0.39, 0.29) is 5.92 Å². The number of hydrogen-bond donors (Lipinski definition) is 2. The average molecular weight is 372 g/mol. The highest BCUT2D eigenvalue weighted by Gasteiger charge is 2.33. The van der Waals surface area contributed by atoms with Gasteiger partial charge in [0.05, 0.1) is 0 Å². The number of hydrogen-bond acceptors (Lipinski definition) is 2. The lowest BCUT2D eigenvalue weighted by atomic mass is 9.81. The lowest BCUT2D eigenvalue weighted by molar-refractivity contribution is -0.138. The van der Waals surface area contributed by atoms with Crippen LogP contribution in [0.25, 0.3) is 10.8 Å².